The van der Waals surface area contributed by atoms with Gasteiger partial charge < -0.3 is 40.3 Å². The minimum atomic E-state index is -1.59. The molecule has 1 aromatic rings. The minimum absolute atomic E-state index is 0.0625. The third kappa shape index (κ3) is 5.94. The van der Waals surface area contributed by atoms with E-state index in [1.54, 1.807) is 18.2 Å². The zero-order chi connectivity index (χ0) is 24.9. The molecule has 0 aromatic heterocycles. The maximum Gasteiger partial charge on any atom is 0.311 e. The Kier molecular flexibility index (Phi) is 9.41. The van der Waals surface area contributed by atoms with Gasteiger partial charge in [-0.1, -0.05) is 27.2 Å². The van der Waals surface area contributed by atoms with Crippen molar-refractivity contribution in [2.75, 3.05) is 26.8 Å². The van der Waals surface area contributed by atoms with Gasteiger partial charge in [-0.15, -0.1) is 0 Å². The van der Waals surface area contributed by atoms with Crippen LogP contribution in [0.3, 0.4) is 0 Å². The number of ether oxygens (including phenoxy) is 3. The fourth-order valence-corrected chi connectivity index (χ4v) is 5.26. The minimum Gasteiger partial charge on any atom is -0.495 e. The summed E-state index contributed by atoms with van der Waals surface area (Å²) in [5.41, 5.74) is 5.97. The van der Waals surface area contributed by atoms with Crippen LogP contribution in [-0.4, -0.2) is 60.5 Å². The summed E-state index contributed by atoms with van der Waals surface area (Å²) in [4.78, 5) is 17.9. The van der Waals surface area contributed by atoms with Crippen LogP contribution in [0, 0.1) is 0 Å². The molecular weight excluding hydrogens is 646 g/mol. The largest absolute Gasteiger partial charge is 0.495 e. The smallest absolute Gasteiger partial charge is 0.311 e. The van der Waals surface area contributed by atoms with Crippen molar-refractivity contribution in [2.45, 2.75) is 30.8 Å². The number of hydrogen-bond acceptors (Lipinski definition) is 9. The molecule has 5 N–H and O–H groups in total. The summed E-state index contributed by atoms with van der Waals surface area (Å²) in [6.07, 6.45) is -0.281. The predicted octanol–water partition coefficient (Wildman–Crippen LogP) is 2.68. The zero-order valence-corrected chi connectivity index (χ0v) is 22.9. The first kappa shape index (κ1) is 27.0. The molecule has 1 spiro atoms. The lowest BCUT2D eigenvalue weighted by Gasteiger charge is -2.27. The van der Waals surface area contributed by atoms with Gasteiger partial charge >= 0.3 is 5.79 Å². The average Bonchev–Trinajstić information content (AvgIpc) is 3.06. The number of carbonyl (C=O) groups excluding carboxylic acids is 1. The summed E-state index contributed by atoms with van der Waals surface area (Å²) >= 11 is 10.1. The molecule has 0 bridgehead atoms. The number of amides is 1. The van der Waals surface area contributed by atoms with Crippen molar-refractivity contribution in [3.8, 4) is 5.75 Å². The number of carbonyl (C=O) groups is 1. The number of nitrogens with one attached hydrogen (secondary N) is 1. The van der Waals surface area contributed by atoms with Crippen LogP contribution in [0.15, 0.2) is 48.8 Å². The Balaban J connectivity index is 1.49. The van der Waals surface area contributed by atoms with Gasteiger partial charge in [0.2, 0.25) is 0 Å². The van der Waals surface area contributed by atoms with Crippen LogP contribution >= 0.6 is 47.8 Å². The van der Waals surface area contributed by atoms with Gasteiger partial charge in [0.1, 0.15) is 17.8 Å². The molecule has 2 aliphatic heterocycles. The molecule has 2 heterocycles. The molecule has 3 atom stereocenters. The lowest BCUT2D eigenvalue weighted by molar-refractivity contribution is -0.225. The summed E-state index contributed by atoms with van der Waals surface area (Å²) in [7, 11) is 1.49. The number of nitrogens with two attached hydrogens (primary N) is 1. The Labute approximate surface area is 221 Å². The van der Waals surface area contributed by atoms with E-state index >= 15 is 0 Å². The Morgan fingerprint density at radius 1 is 1.41 bits per heavy atom. The van der Waals surface area contributed by atoms with Gasteiger partial charge in [-0.25, -0.2) is 0 Å². The molecule has 1 amide bonds. The number of aliphatic hydroxyl groups is 2. The summed E-state index contributed by atoms with van der Waals surface area (Å²) < 4.78 is 18.4. The fourth-order valence-electron chi connectivity index (χ4n) is 3.22. The van der Waals surface area contributed by atoms with Crippen molar-refractivity contribution in [1.82, 2.24) is 5.32 Å². The van der Waals surface area contributed by atoms with Gasteiger partial charge in [0, 0.05) is 17.6 Å². The molecule has 1 aromatic carbocycles. The molecule has 3 rings (SSSR count). The number of methoxy groups -OCH3 is 1. The first-order valence-electron chi connectivity index (χ1n) is 10.2. The number of halogens is 3. The molecule has 0 saturated carbocycles. The van der Waals surface area contributed by atoms with Crippen molar-refractivity contribution < 1.29 is 34.1 Å². The molecule has 13 heteroatoms. The molecule has 0 aliphatic carbocycles. The third-order valence-electron chi connectivity index (χ3n) is 5.07. The van der Waals surface area contributed by atoms with Crippen LogP contribution in [0.4, 0.5) is 0 Å². The van der Waals surface area contributed by atoms with Crippen molar-refractivity contribution in [1.29, 1.82) is 0 Å². The van der Waals surface area contributed by atoms with Crippen LogP contribution in [0.5, 0.6) is 5.75 Å². The van der Waals surface area contributed by atoms with E-state index in [2.05, 4.69) is 58.3 Å². The Morgan fingerprint density at radius 3 is 2.85 bits per heavy atom. The van der Waals surface area contributed by atoms with Gasteiger partial charge in [0.15, 0.2) is 11.8 Å². The van der Waals surface area contributed by atoms with Gasteiger partial charge in [0.25, 0.3) is 5.91 Å². The molecule has 0 fully saturated rings. The van der Waals surface area contributed by atoms with E-state index in [0.29, 0.717) is 43.5 Å². The van der Waals surface area contributed by atoms with Crippen molar-refractivity contribution in [2.24, 2.45) is 10.9 Å². The highest BCUT2D eigenvalue weighted by molar-refractivity contribution is 9.12. The zero-order valence-electron chi connectivity index (χ0n) is 18.1. The highest BCUT2D eigenvalue weighted by Crippen LogP contribution is 2.41. The quantitative estimate of drug-likeness (QED) is 0.294. The van der Waals surface area contributed by atoms with Crippen molar-refractivity contribution in [3.05, 3.63) is 49.2 Å². The maximum absolute atomic E-state index is 12.6. The van der Waals surface area contributed by atoms with Crippen LogP contribution in [0.25, 0.3) is 0 Å². The number of nitrogens with zero attached hydrogens (tertiary/aromatic N) is 1. The third-order valence-corrected chi connectivity index (χ3v) is 6.87. The Bertz CT molecular complexity index is 1020. The molecule has 2 aliphatic rings. The van der Waals surface area contributed by atoms with E-state index in [9.17, 15) is 15.0 Å². The number of allylic oxidation sites excluding steroid dienone is 1. The van der Waals surface area contributed by atoms with Gasteiger partial charge in [0.05, 0.1) is 35.2 Å². The lowest BCUT2D eigenvalue weighted by Crippen LogP contribution is -2.49. The molecule has 186 valence electrons. The predicted molar refractivity (Wildman–Crippen MR) is 134 cm³/mol. The highest BCUT2D eigenvalue weighted by Gasteiger charge is 2.54. The van der Waals surface area contributed by atoms with Gasteiger partial charge in [-0.3, -0.25) is 4.79 Å². The fraction of sp³-hybridized carbons (Fsp3) is 0.429. The SMILES string of the molecule is COC1=C(Br)CC2(OC=C1Br)ON=C(C(=O)NCCCOc1ccc(C(O)CN)cc1Br)C2O. The second-order valence-electron chi connectivity index (χ2n) is 7.38. The normalized spacial score (nSPS) is 22.9. The number of oxime groups is 1. The number of hydrogen-bond donors (Lipinski definition) is 4. The molecule has 3 unspecified atom stereocenters. The number of rotatable bonds is 9. The van der Waals surface area contributed by atoms with E-state index in [1.807, 2.05) is 0 Å². The van der Waals surface area contributed by atoms with E-state index in [1.165, 1.54) is 13.4 Å². The molecule has 34 heavy (non-hydrogen) atoms. The molecule has 10 nitrogen and oxygen atoms in total. The summed E-state index contributed by atoms with van der Waals surface area (Å²) in [6, 6.07) is 5.22. The second kappa shape index (κ2) is 11.9. The summed E-state index contributed by atoms with van der Waals surface area (Å²) in [5.74, 6) is -1.09. The van der Waals surface area contributed by atoms with Crippen LogP contribution < -0.4 is 15.8 Å². The van der Waals surface area contributed by atoms with Crippen molar-refractivity contribution >= 4 is 59.4 Å². The summed E-state index contributed by atoms with van der Waals surface area (Å²) in [5, 5.41) is 27.0. The molecule has 0 radical (unpaired) electrons. The lowest BCUT2D eigenvalue weighted by atomic mass is 10.0. The topological polar surface area (TPSA) is 145 Å². The highest BCUT2D eigenvalue weighted by atomic mass is 79.9. The van der Waals surface area contributed by atoms with Crippen LogP contribution in [0.2, 0.25) is 0 Å². The van der Waals surface area contributed by atoms with E-state index in [-0.39, 0.29) is 25.2 Å². The van der Waals surface area contributed by atoms with Gasteiger partial charge in [-0.05, 0) is 56.0 Å². The Hall–Kier alpha value is -1.64. The number of benzene rings is 1. The van der Waals surface area contributed by atoms with E-state index < -0.39 is 23.9 Å². The van der Waals surface area contributed by atoms with E-state index in [0.717, 1.165) is 0 Å². The first-order chi connectivity index (χ1) is 16.2. The van der Waals surface area contributed by atoms with E-state index in [4.69, 9.17) is 24.8 Å². The van der Waals surface area contributed by atoms with Crippen molar-refractivity contribution in [3.63, 3.8) is 0 Å². The average molecular weight is 670 g/mol. The monoisotopic (exact) mass is 667 g/mol. The molecule has 0 saturated heterocycles. The van der Waals surface area contributed by atoms with Crippen LogP contribution in [0.1, 0.15) is 24.5 Å². The summed E-state index contributed by atoms with van der Waals surface area (Å²) in [6.45, 7) is 0.733. The second-order valence-corrected chi connectivity index (χ2v) is 10.0. The molecular formula is C21H24Br3N3O7. The standard InChI is InChI=1S/C21H24Br3N3O7/c1-31-18-13(23)8-21(33-10-14(18)24)19(29)17(27-34-21)20(30)26-5-2-6-32-16-4-3-11(7-12(16)22)15(28)9-25/h3-4,7,10,15,19,28-29H,2,5-6,8-9,25H2,1H3,(H,26,30). The van der Waals surface area contributed by atoms with Crippen LogP contribution in [-0.2, 0) is 19.1 Å². The Morgan fingerprint density at radius 2 is 2.18 bits per heavy atom. The van der Waals surface area contributed by atoms with Gasteiger partial charge in [-0.2, -0.15) is 0 Å². The maximum atomic E-state index is 12.6. The number of aliphatic hydroxyl groups excluding tert-OH is 2. The first-order valence-corrected chi connectivity index (χ1v) is 12.6.